The molecule has 0 spiro atoms. The monoisotopic (exact) mass is 502 g/mol. The van der Waals surface area contributed by atoms with Crippen LogP contribution in [-0.2, 0) is 10.1 Å². The normalized spacial score (nSPS) is 11.1. The summed E-state index contributed by atoms with van der Waals surface area (Å²) in [5.41, 5.74) is 2.97. The molecule has 0 unspecified atom stereocenters. The van der Waals surface area contributed by atoms with Crippen molar-refractivity contribution in [2.45, 2.75) is 11.8 Å². The highest BCUT2D eigenvalue weighted by molar-refractivity contribution is 7.86. The second-order valence-corrected chi connectivity index (χ2v) is 9.41. The number of methoxy groups -OCH3 is 1. The molecule has 0 aromatic heterocycles. The van der Waals surface area contributed by atoms with Crippen molar-refractivity contribution in [3.05, 3.63) is 119 Å². The molecule has 0 bridgehead atoms. The average molecular weight is 503 g/mol. The van der Waals surface area contributed by atoms with Crippen LogP contribution in [0.3, 0.4) is 0 Å². The highest BCUT2D eigenvalue weighted by Gasteiger charge is 2.18. The van der Waals surface area contributed by atoms with Gasteiger partial charge < -0.3 is 9.47 Å². The lowest BCUT2D eigenvalue weighted by molar-refractivity contribution is 0.102. The minimum absolute atomic E-state index is 0.0163. The van der Waals surface area contributed by atoms with E-state index in [1.807, 2.05) is 19.1 Å². The van der Waals surface area contributed by atoms with Crippen LogP contribution >= 0.6 is 0 Å². The van der Waals surface area contributed by atoms with Gasteiger partial charge in [-0.3, -0.25) is 14.1 Å². The Morgan fingerprint density at radius 1 is 0.667 bits per heavy atom. The molecule has 4 aromatic rings. The van der Waals surface area contributed by atoms with Crippen LogP contribution in [-0.4, -0.2) is 31.6 Å². The highest BCUT2D eigenvalue weighted by Crippen LogP contribution is 2.31. The van der Waals surface area contributed by atoms with E-state index in [9.17, 15) is 22.6 Å². The molecule has 4 aromatic carbocycles. The van der Waals surface area contributed by atoms with Gasteiger partial charge in [0.1, 0.15) is 22.1 Å². The summed E-state index contributed by atoms with van der Waals surface area (Å²) in [7, 11) is -3.22. The van der Waals surface area contributed by atoms with E-state index in [-0.39, 0.29) is 23.1 Å². The van der Waals surface area contributed by atoms with Crippen molar-refractivity contribution in [2.24, 2.45) is 0 Å². The Morgan fingerprint density at radius 3 is 1.53 bits per heavy atom. The first-order valence-corrected chi connectivity index (χ1v) is 12.3. The van der Waals surface area contributed by atoms with Gasteiger partial charge in [0.2, 0.25) is 0 Å². The van der Waals surface area contributed by atoms with Crippen molar-refractivity contribution in [3.63, 3.8) is 0 Å². The molecule has 36 heavy (non-hydrogen) atoms. The van der Waals surface area contributed by atoms with Gasteiger partial charge >= 0.3 is 0 Å². The van der Waals surface area contributed by atoms with Gasteiger partial charge in [-0.15, -0.1) is 0 Å². The van der Waals surface area contributed by atoms with E-state index in [2.05, 4.69) is 0 Å². The lowest BCUT2D eigenvalue weighted by atomic mass is 9.98. The van der Waals surface area contributed by atoms with E-state index >= 15 is 0 Å². The average Bonchev–Trinajstić information content (AvgIpc) is 2.88. The van der Waals surface area contributed by atoms with E-state index in [1.165, 1.54) is 19.2 Å². The number of hydrogen-bond donors (Lipinski definition) is 1. The molecule has 8 heteroatoms. The molecule has 0 saturated carbocycles. The lowest BCUT2D eigenvalue weighted by Gasteiger charge is -2.10. The fourth-order valence-corrected chi connectivity index (χ4v) is 4.21. The number of carbonyl (C=O) groups excluding carboxylic acids is 2. The summed E-state index contributed by atoms with van der Waals surface area (Å²) < 4.78 is 43.2. The van der Waals surface area contributed by atoms with E-state index in [1.54, 1.807) is 60.7 Å². The highest BCUT2D eigenvalue weighted by atomic mass is 32.2. The Morgan fingerprint density at radius 2 is 1.08 bits per heavy atom. The third kappa shape index (κ3) is 5.51. The Bertz CT molecular complexity index is 1520. The van der Waals surface area contributed by atoms with Gasteiger partial charge in [0.15, 0.2) is 11.6 Å². The van der Waals surface area contributed by atoms with Crippen LogP contribution in [0.4, 0.5) is 0 Å². The summed E-state index contributed by atoms with van der Waals surface area (Å²) in [5, 5.41) is 0. The largest absolute Gasteiger partial charge is 0.495 e. The Labute approximate surface area is 208 Å². The zero-order valence-electron chi connectivity index (χ0n) is 19.5. The zero-order chi connectivity index (χ0) is 25.9. The van der Waals surface area contributed by atoms with Crippen LogP contribution < -0.4 is 9.47 Å². The first-order valence-electron chi connectivity index (χ1n) is 10.9. The quantitative estimate of drug-likeness (QED) is 0.250. The maximum atomic E-state index is 12.9. The Hall–Kier alpha value is -4.27. The standard InChI is InChI=1S/C28H22O7S/c1-18-3-5-19(6-4-18)27(29)20-7-9-21(10-8-20)28(30)22-11-13-23(14-12-22)35-24-15-16-25(34-2)26(17-24)36(31,32)33/h3-17H,1-2H3,(H,31,32,33). The van der Waals surface area contributed by atoms with Gasteiger partial charge in [-0.05, 0) is 43.3 Å². The van der Waals surface area contributed by atoms with Gasteiger partial charge in [0.25, 0.3) is 10.1 Å². The van der Waals surface area contributed by atoms with Gasteiger partial charge in [0.05, 0.1) is 7.11 Å². The van der Waals surface area contributed by atoms with Crippen molar-refractivity contribution in [3.8, 4) is 17.2 Å². The summed E-state index contributed by atoms with van der Waals surface area (Å²) in [6.45, 7) is 1.95. The van der Waals surface area contributed by atoms with E-state index in [4.69, 9.17) is 9.47 Å². The third-order valence-electron chi connectivity index (χ3n) is 5.49. The lowest BCUT2D eigenvalue weighted by Crippen LogP contribution is -2.04. The van der Waals surface area contributed by atoms with Gasteiger partial charge in [-0.2, -0.15) is 8.42 Å². The van der Waals surface area contributed by atoms with Gasteiger partial charge in [-0.25, -0.2) is 0 Å². The molecule has 0 fully saturated rings. The first-order chi connectivity index (χ1) is 17.2. The molecule has 0 radical (unpaired) electrons. The molecular weight excluding hydrogens is 480 g/mol. The fraction of sp³-hybridized carbons (Fsp3) is 0.0714. The second kappa shape index (κ2) is 10.2. The van der Waals surface area contributed by atoms with E-state index in [0.717, 1.165) is 11.6 Å². The zero-order valence-corrected chi connectivity index (χ0v) is 20.3. The molecule has 0 heterocycles. The van der Waals surface area contributed by atoms with Crippen molar-refractivity contribution in [2.75, 3.05) is 7.11 Å². The first kappa shape index (κ1) is 24.8. The van der Waals surface area contributed by atoms with Crippen LogP contribution in [0.5, 0.6) is 17.2 Å². The summed E-state index contributed by atoms with van der Waals surface area (Å²) in [6, 6.07) is 24.1. The maximum Gasteiger partial charge on any atom is 0.298 e. The SMILES string of the molecule is COc1ccc(Oc2ccc(C(=O)c3ccc(C(=O)c4ccc(C)cc4)cc3)cc2)cc1S(=O)(=O)O. The molecule has 7 nitrogen and oxygen atoms in total. The third-order valence-corrected chi connectivity index (χ3v) is 6.36. The predicted octanol–water partition coefficient (Wildman–Crippen LogP) is 5.50. The maximum absolute atomic E-state index is 12.9. The summed E-state index contributed by atoms with van der Waals surface area (Å²) >= 11 is 0. The van der Waals surface area contributed by atoms with Crippen molar-refractivity contribution in [1.82, 2.24) is 0 Å². The van der Waals surface area contributed by atoms with Crippen molar-refractivity contribution < 1.29 is 32.0 Å². The molecule has 0 amide bonds. The van der Waals surface area contributed by atoms with Crippen LogP contribution in [0.15, 0.2) is 95.9 Å². The summed E-state index contributed by atoms with van der Waals surface area (Å²) in [5.74, 6) is 0.158. The molecule has 0 aliphatic carbocycles. The number of carbonyl (C=O) groups is 2. The minimum Gasteiger partial charge on any atom is -0.495 e. The molecule has 0 saturated heterocycles. The molecule has 1 N–H and O–H groups in total. The van der Waals surface area contributed by atoms with Gasteiger partial charge in [0, 0.05) is 28.3 Å². The predicted molar refractivity (Wildman–Crippen MR) is 134 cm³/mol. The van der Waals surface area contributed by atoms with Crippen molar-refractivity contribution in [1.29, 1.82) is 0 Å². The number of benzene rings is 4. The van der Waals surface area contributed by atoms with Crippen LogP contribution in [0.2, 0.25) is 0 Å². The molecular formula is C28H22O7S. The van der Waals surface area contributed by atoms with Crippen LogP contribution in [0.1, 0.15) is 37.4 Å². The topological polar surface area (TPSA) is 107 Å². The van der Waals surface area contributed by atoms with Crippen molar-refractivity contribution >= 4 is 21.7 Å². The van der Waals surface area contributed by atoms with E-state index < -0.39 is 15.0 Å². The summed E-state index contributed by atoms with van der Waals surface area (Å²) in [4.78, 5) is 25.1. The Balaban J connectivity index is 1.48. The fourth-order valence-electron chi connectivity index (χ4n) is 3.54. The van der Waals surface area contributed by atoms with E-state index in [0.29, 0.717) is 28.0 Å². The molecule has 0 aliphatic heterocycles. The number of hydrogen-bond acceptors (Lipinski definition) is 6. The number of ether oxygens (including phenoxy) is 2. The molecule has 4 rings (SSSR count). The second-order valence-electron chi connectivity index (χ2n) is 8.02. The number of rotatable bonds is 8. The molecule has 182 valence electrons. The molecule has 0 atom stereocenters. The van der Waals surface area contributed by atoms with Crippen LogP contribution in [0, 0.1) is 6.92 Å². The smallest absolute Gasteiger partial charge is 0.298 e. The van der Waals surface area contributed by atoms with Gasteiger partial charge in [-0.1, -0.05) is 54.1 Å². The minimum atomic E-state index is -4.51. The summed E-state index contributed by atoms with van der Waals surface area (Å²) in [6.07, 6.45) is 0. The number of ketones is 2. The number of aryl methyl sites for hydroxylation is 1. The van der Waals surface area contributed by atoms with Crippen LogP contribution in [0.25, 0.3) is 0 Å². The Kier molecular flexibility index (Phi) is 7.00. The molecule has 0 aliphatic rings.